The van der Waals surface area contributed by atoms with Crippen molar-refractivity contribution in [1.29, 1.82) is 0 Å². The largest absolute Gasteiger partial charge is 0.375 e. The van der Waals surface area contributed by atoms with E-state index in [-0.39, 0.29) is 5.60 Å². The van der Waals surface area contributed by atoms with Crippen molar-refractivity contribution in [2.24, 2.45) is 0 Å². The number of rotatable bonds is 3. The van der Waals surface area contributed by atoms with Gasteiger partial charge in [-0.25, -0.2) is 0 Å². The number of methoxy groups -OCH3 is 1. The van der Waals surface area contributed by atoms with Crippen LogP contribution >= 0.6 is 15.9 Å². The van der Waals surface area contributed by atoms with Crippen LogP contribution in [0, 0.1) is 13.8 Å². The number of aryl methyl sites for hydroxylation is 2. The van der Waals surface area contributed by atoms with Crippen LogP contribution in [0.2, 0.25) is 0 Å². The third kappa shape index (κ3) is 2.17. The van der Waals surface area contributed by atoms with Gasteiger partial charge in [-0.05, 0) is 30.5 Å². The van der Waals surface area contributed by atoms with E-state index in [2.05, 4.69) is 47.2 Å². The summed E-state index contributed by atoms with van der Waals surface area (Å²) in [6, 6.07) is 4.49. The predicted molar refractivity (Wildman–Crippen MR) is 69.9 cm³/mol. The molecule has 1 aliphatic heterocycles. The lowest BCUT2D eigenvalue weighted by atomic mass is 9.88. The van der Waals surface area contributed by atoms with E-state index in [9.17, 15) is 0 Å². The Labute approximate surface area is 106 Å². The van der Waals surface area contributed by atoms with Gasteiger partial charge < -0.3 is 10.1 Å². The van der Waals surface area contributed by atoms with Gasteiger partial charge in [0.15, 0.2) is 0 Å². The molecular formula is C13H18BrNO. The van der Waals surface area contributed by atoms with Gasteiger partial charge in [0.2, 0.25) is 0 Å². The lowest BCUT2D eigenvalue weighted by molar-refractivity contribution is -0.0502. The average Bonchev–Trinajstić information content (AvgIpc) is 2.20. The first kappa shape index (κ1) is 12.1. The second-order valence-corrected chi connectivity index (χ2v) is 5.50. The highest BCUT2D eigenvalue weighted by atomic mass is 79.9. The van der Waals surface area contributed by atoms with Gasteiger partial charge in [0, 0.05) is 31.1 Å². The average molecular weight is 284 g/mol. The molecule has 1 saturated heterocycles. The van der Waals surface area contributed by atoms with Crippen LogP contribution in [0.1, 0.15) is 16.7 Å². The van der Waals surface area contributed by atoms with Crippen molar-refractivity contribution in [2.45, 2.75) is 25.9 Å². The maximum atomic E-state index is 5.61. The molecule has 0 bridgehead atoms. The molecule has 16 heavy (non-hydrogen) atoms. The van der Waals surface area contributed by atoms with E-state index in [1.165, 1.54) is 21.2 Å². The zero-order valence-corrected chi connectivity index (χ0v) is 11.6. The van der Waals surface area contributed by atoms with E-state index < -0.39 is 0 Å². The molecule has 0 unspecified atom stereocenters. The van der Waals surface area contributed by atoms with Crippen LogP contribution in [-0.4, -0.2) is 25.8 Å². The van der Waals surface area contributed by atoms with Gasteiger partial charge >= 0.3 is 0 Å². The van der Waals surface area contributed by atoms with E-state index in [4.69, 9.17) is 4.74 Å². The number of ether oxygens (including phenoxy) is 1. The summed E-state index contributed by atoms with van der Waals surface area (Å²) in [5, 5.41) is 3.28. The van der Waals surface area contributed by atoms with Gasteiger partial charge in [-0.2, -0.15) is 0 Å². The lowest BCUT2D eigenvalue weighted by Gasteiger charge is -2.41. The first-order chi connectivity index (χ1) is 7.56. The van der Waals surface area contributed by atoms with Crippen LogP contribution in [0.15, 0.2) is 16.6 Å². The zero-order chi connectivity index (χ0) is 11.8. The molecule has 1 fully saturated rings. The molecule has 3 heteroatoms. The quantitative estimate of drug-likeness (QED) is 0.921. The van der Waals surface area contributed by atoms with Gasteiger partial charge in [0.25, 0.3) is 0 Å². The Bertz CT molecular complexity index is 370. The van der Waals surface area contributed by atoms with Gasteiger partial charge in [0.1, 0.15) is 0 Å². The summed E-state index contributed by atoms with van der Waals surface area (Å²) in [5.41, 5.74) is 3.98. The monoisotopic (exact) mass is 283 g/mol. The fourth-order valence-electron chi connectivity index (χ4n) is 2.25. The van der Waals surface area contributed by atoms with Crippen molar-refractivity contribution in [3.05, 3.63) is 33.3 Å². The topological polar surface area (TPSA) is 21.3 Å². The first-order valence-corrected chi connectivity index (χ1v) is 6.37. The van der Waals surface area contributed by atoms with Gasteiger partial charge in [0.05, 0.1) is 5.60 Å². The van der Waals surface area contributed by atoms with E-state index in [0.717, 1.165) is 19.5 Å². The Balaban J connectivity index is 2.22. The molecule has 88 valence electrons. The fourth-order valence-corrected chi connectivity index (χ4v) is 2.48. The highest BCUT2D eigenvalue weighted by Gasteiger charge is 2.36. The molecule has 0 saturated carbocycles. The molecule has 1 N–H and O–H groups in total. The molecule has 0 atom stereocenters. The highest BCUT2D eigenvalue weighted by molar-refractivity contribution is 9.10. The molecule has 0 amide bonds. The molecule has 2 rings (SSSR count). The van der Waals surface area contributed by atoms with Gasteiger partial charge in [-0.15, -0.1) is 0 Å². The van der Waals surface area contributed by atoms with E-state index in [1.54, 1.807) is 7.11 Å². The van der Waals surface area contributed by atoms with Crippen molar-refractivity contribution < 1.29 is 4.74 Å². The lowest BCUT2D eigenvalue weighted by Crippen LogP contribution is -2.61. The molecular weight excluding hydrogens is 266 g/mol. The van der Waals surface area contributed by atoms with Gasteiger partial charge in [-0.1, -0.05) is 28.1 Å². The smallest absolute Gasteiger partial charge is 0.0966 e. The minimum atomic E-state index is 0.0205. The van der Waals surface area contributed by atoms with Crippen LogP contribution in [0.4, 0.5) is 0 Å². The van der Waals surface area contributed by atoms with E-state index in [1.807, 2.05) is 0 Å². The number of hydrogen-bond donors (Lipinski definition) is 1. The summed E-state index contributed by atoms with van der Waals surface area (Å²) in [5.74, 6) is 0. The molecule has 0 radical (unpaired) electrons. The summed E-state index contributed by atoms with van der Waals surface area (Å²) < 4.78 is 6.83. The van der Waals surface area contributed by atoms with Crippen molar-refractivity contribution in [3.63, 3.8) is 0 Å². The number of hydrogen-bond acceptors (Lipinski definition) is 2. The van der Waals surface area contributed by atoms with Gasteiger partial charge in [-0.3, -0.25) is 0 Å². The van der Waals surface area contributed by atoms with Crippen molar-refractivity contribution in [1.82, 2.24) is 5.32 Å². The fraction of sp³-hybridized carbons (Fsp3) is 0.538. The van der Waals surface area contributed by atoms with E-state index >= 15 is 0 Å². The molecule has 0 aromatic heterocycles. The predicted octanol–water partition coefficient (Wildman–Crippen LogP) is 2.60. The minimum Gasteiger partial charge on any atom is -0.375 e. The summed E-state index contributed by atoms with van der Waals surface area (Å²) >= 11 is 3.60. The number of halogens is 1. The standard InChI is InChI=1S/C13H18BrNO/c1-9-4-11(5-10(2)12(9)14)6-13(16-3)7-15-8-13/h4-5,15H,6-8H2,1-3H3. The zero-order valence-electron chi connectivity index (χ0n) is 10.1. The molecule has 0 spiro atoms. The number of nitrogens with one attached hydrogen (secondary N) is 1. The second kappa shape index (κ2) is 4.47. The maximum Gasteiger partial charge on any atom is 0.0966 e. The Morgan fingerprint density at radius 3 is 2.25 bits per heavy atom. The van der Waals surface area contributed by atoms with Crippen molar-refractivity contribution >= 4 is 15.9 Å². The third-order valence-corrected chi connectivity index (χ3v) is 4.60. The normalized spacial score (nSPS) is 18.2. The second-order valence-electron chi connectivity index (χ2n) is 4.71. The van der Waals surface area contributed by atoms with E-state index in [0.29, 0.717) is 0 Å². The SMILES string of the molecule is COC1(Cc2cc(C)c(Br)c(C)c2)CNC1. The third-order valence-electron chi connectivity index (χ3n) is 3.35. The summed E-state index contributed by atoms with van der Waals surface area (Å²) in [6.45, 7) is 6.19. The van der Waals surface area contributed by atoms with Crippen LogP contribution < -0.4 is 5.32 Å². The molecule has 1 aromatic carbocycles. The Morgan fingerprint density at radius 2 is 1.88 bits per heavy atom. The Morgan fingerprint density at radius 1 is 1.31 bits per heavy atom. The highest BCUT2D eigenvalue weighted by Crippen LogP contribution is 2.27. The van der Waals surface area contributed by atoms with Crippen LogP contribution in [-0.2, 0) is 11.2 Å². The molecule has 1 aromatic rings. The van der Waals surface area contributed by atoms with Crippen LogP contribution in [0.25, 0.3) is 0 Å². The number of benzene rings is 1. The molecule has 0 aliphatic carbocycles. The molecule has 1 heterocycles. The Hall–Kier alpha value is -0.380. The summed E-state index contributed by atoms with van der Waals surface area (Å²) in [6.07, 6.45) is 0.992. The first-order valence-electron chi connectivity index (χ1n) is 5.58. The van der Waals surface area contributed by atoms with Crippen molar-refractivity contribution in [2.75, 3.05) is 20.2 Å². The molecule has 1 aliphatic rings. The van der Waals surface area contributed by atoms with Crippen LogP contribution in [0.3, 0.4) is 0 Å². The molecule has 2 nitrogen and oxygen atoms in total. The van der Waals surface area contributed by atoms with Crippen LogP contribution in [0.5, 0.6) is 0 Å². The van der Waals surface area contributed by atoms with Crippen molar-refractivity contribution in [3.8, 4) is 0 Å². The minimum absolute atomic E-state index is 0.0205. The summed E-state index contributed by atoms with van der Waals surface area (Å²) in [7, 11) is 1.80. The summed E-state index contributed by atoms with van der Waals surface area (Å²) in [4.78, 5) is 0. The Kier molecular flexibility index (Phi) is 3.38. The maximum absolute atomic E-state index is 5.61.